The zero-order valence-electron chi connectivity index (χ0n) is 11.4. The van der Waals surface area contributed by atoms with Crippen molar-refractivity contribution in [1.29, 1.82) is 0 Å². The van der Waals surface area contributed by atoms with Crippen LogP contribution in [-0.2, 0) is 32.2 Å². The highest BCUT2D eigenvalue weighted by atomic mass is 32.2. The minimum atomic E-state index is -0.317. The lowest BCUT2D eigenvalue weighted by molar-refractivity contribution is -0.139. The summed E-state index contributed by atoms with van der Waals surface area (Å²) >= 11 is 2.76. The Morgan fingerprint density at radius 1 is 1.20 bits per heavy atom. The van der Waals surface area contributed by atoms with E-state index in [0.29, 0.717) is 31.3 Å². The maximum atomic E-state index is 11.9. The van der Waals surface area contributed by atoms with Crippen LogP contribution in [0.5, 0.6) is 0 Å². The fourth-order valence-corrected chi connectivity index (χ4v) is 4.12. The lowest BCUT2D eigenvalue weighted by atomic mass is 10.2. The van der Waals surface area contributed by atoms with E-state index < -0.39 is 0 Å². The SMILES string of the molecule is CCOC(=O)CSc1sc(C(=O)OCC)c2c1COC2. The van der Waals surface area contributed by atoms with Gasteiger partial charge in [0.2, 0.25) is 0 Å². The molecule has 110 valence electrons. The van der Waals surface area contributed by atoms with Crippen molar-refractivity contribution < 1.29 is 23.8 Å². The lowest BCUT2D eigenvalue weighted by Crippen LogP contribution is -2.06. The fraction of sp³-hybridized carbons (Fsp3) is 0.538. The molecule has 0 bridgehead atoms. The highest BCUT2D eigenvalue weighted by molar-refractivity contribution is 8.01. The second-order valence-electron chi connectivity index (χ2n) is 3.98. The molecule has 1 aliphatic heterocycles. The molecule has 2 rings (SSSR count). The van der Waals surface area contributed by atoms with Crippen molar-refractivity contribution in [2.24, 2.45) is 0 Å². The number of esters is 2. The van der Waals surface area contributed by atoms with Crippen molar-refractivity contribution >= 4 is 35.0 Å². The lowest BCUT2D eigenvalue weighted by Gasteiger charge is -2.01. The van der Waals surface area contributed by atoms with Gasteiger partial charge in [0, 0.05) is 11.1 Å². The molecule has 2 heterocycles. The summed E-state index contributed by atoms with van der Waals surface area (Å²) in [6.07, 6.45) is 0. The van der Waals surface area contributed by atoms with E-state index in [-0.39, 0.29) is 17.7 Å². The molecule has 1 aliphatic rings. The number of carbonyl (C=O) groups excluding carboxylic acids is 2. The molecule has 0 aliphatic carbocycles. The van der Waals surface area contributed by atoms with Gasteiger partial charge in [0.15, 0.2) is 0 Å². The molecule has 0 atom stereocenters. The fourth-order valence-electron chi connectivity index (χ4n) is 1.84. The summed E-state index contributed by atoms with van der Waals surface area (Å²) in [6, 6.07) is 0. The van der Waals surface area contributed by atoms with Crippen LogP contribution >= 0.6 is 23.1 Å². The van der Waals surface area contributed by atoms with Crippen LogP contribution in [-0.4, -0.2) is 30.9 Å². The van der Waals surface area contributed by atoms with Crippen molar-refractivity contribution in [3.05, 3.63) is 16.0 Å². The van der Waals surface area contributed by atoms with Gasteiger partial charge in [0.25, 0.3) is 0 Å². The Hall–Kier alpha value is -1.05. The van der Waals surface area contributed by atoms with Crippen molar-refractivity contribution in [3.63, 3.8) is 0 Å². The van der Waals surface area contributed by atoms with E-state index in [1.165, 1.54) is 23.1 Å². The van der Waals surface area contributed by atoms with E-state index in [1.54, 1.807) is 13.8 Å². The molecule has 7 heteroatoms. The van der Waals surface area contributed by atoms with Crippen LogP contribution in [0.4, 0.5) is 0 Å². The van der Waals surface area contributed by atoms with E-state index in [2.05, 4.69) is 0 Å². The molecule has 0 N–H and O–H groups in total. The van der Waals surface area contributed by atoms with Gasteiger partial charge in [-0.25, -0.2) is 4.79 Å². The van der Waals surface area contributed by atoms with Crippen molar-refractivity contribution in [2.75, 3.05) is 19.0 Å². The molecule has 1 aromatic rings. The third-order valence-electron chi connectivity index (χ3n) is 2.66. The maximum absolute atomic E-state index is 11.9. The number of rotatable bonds is 6. The summed E-state index contributed by atoms with van der Waals surface area (Å²) < 4.78 is 16.3. The minimum Gasteiger partial charge on any atom is -0.465 e. The number of thioether (sulfide) groups is 1. The number of carbonyl (C=O) groups is 2. The van der Waals surface area contributed by atoms with Crippen molar-refractivity contribution in [2.45, 2.75) is 31.3 Å². The maximum Gasteiger partial charge on any atom is 0.348 e. The first-order valence-electron chi connectivity index (χ1n) is 6.35. The van der Waals surface area contributed by atoms with Crippen LogP contribution in [0.3, 0.4) is 0 Å². The standard InChI is InChI=1S/C13H16O5S2/c1-3-17-10(14)7-19-13-9-6-16-5-8(9)11(20-13)12(15)18-4-2/h3-7H2,1-2H3. The molecule has 5 nitrogen and oxygen atoms in total. The third-order valence-corrected chi connectivity index (χ3v) is 5.20. The van der Waals surface area contributed by atoms with Crippen LogP contribution in [0.25, 0.3) is 0 Å². The Bertz CT molecular complexity index is 509. The molecular formula is C13H16O5S2. The average Bonchev–Trinajstić information content (AvgIpc) is 2.99. The Kier molecular flexibility index (Phi) is 5.45. The van der Waals surface area contributed by atoms with E-state index in [4.69, 9.17) is 14.2 Å². The second-order valence-corrected chi connectivity index (χ2v) is 6.25. The first-order chi connectivity index (χ1) is 9.67. The zero-order valence-corrected chi connectivity index (χ0v) is 13.0. The Morgan fingerprint density at radius 3 is 2.60 bits per heavy atom. The van der Waals surface area contributed by atoms with Gasteiger partial charge in [-0.2, -0.15) is 0 Å². The molecule has 0 radical (unpaired) electrons. The quantitative estimate of drug-likeness (QED) is 0.594. The number of hydrogen-bond acceptors (Lipinski definition) is 7. The van der Waals surface area contributed by atoms with E-state index >= 15 is 0 Å². The van der Waals surface area contributed by atoms with E-state index in [1.807, 2.05) is 0 Å². The monoisotopic (exact) mass is 316 g/mol. The molecule has 0 amide bonds. The van der Waals surface area contributed by atoms with Gasteiger partial charge in [-0.05, 0) is 13.8 Å². The van der Waals surface area contributed by atoms with Crippen LogP contribution in [0.2, 0.25) is 0 Å². The van der Waals surface area contributed by atoms with Crippen LogP contribution < -0.4 is 0 Å². The molecule has 0 spiro atoms. The number of thiophene rings is 1. The average molecular weight is 316 g/mol. The summed E-state index contributed by atoms with van der Waals surface area (Å²) in [5, 5.41) is 0. The van der Waals surface area contributed by atoms with E-state index in [0.717, 1.165) is 15.3 Å². The largest absolute Gasteiger partial charge is 0.465 e. The van der Waals surface area contributed by atoms with Gasteiger partial charge in [-0.3, -0.25) is 4.79 Å². The predicted octanol–water partition coefficient (Wildman–Crippen LogP) is 2.61. The topological polar surface area (TPSA) is 61.8 Å². The third kappa shape index (κ3) is 3.34. The second kappa shape index (κ2) is 7.10. The molecule has 0 fully saturated rings. The highest BCUT2D eigenvalue weighted by Crippen LogP contribution is 2.40. The zero-order chi connectivity index (χ0) is 14.5. The molecule has 0 saturated heterocycles. The van der Waals surface area contributed by atoms with Gasteiger partial charge >= 0.3 is 11.9 Å². The molecule has 1 aromatic heterocycles. The van der Waals surface area contributed by atoms with Gasteiger partial charge in [0.05, 0.1) is 36.4 Å². The summed E-state index contributed by atoms with van der Waals surface area (Å²) in [5.41, 5.74) is 1.91. The summed E-state index contributed by atoms with van der Waals surface area (Å²) in [5.74, 6) is -0.332. The van der Waals surface area contributed by atoms with Crippen molar-refractivity contribution in [1.82, 2.24) is 0 Å². The normalized spacial score (nSPS) is 13.1. The van der Waals surface area contributed by atoms with Crippen LogP contribution in [0, 0.1) is 0 Å². The first kappa shape index (κ1) is 15.3. The summed E-state index contributed by atoms with van der Waals surface area (Å²) in [4.78, 5) is 23.9. The van der Waals surface area contributed by atoms with Crippen LogP contribution in [0.1, 0.15) is 34.6 Å². The van der Waals surface area contributed by atoms with Gasteiger partial charge < -0.3 is 14.2 Å². The number of hydrogen-bond donors (Lipinski definition) is 0. The van der Waals surface area contributed by atoms with Gasteiger partial charge in [-0.1, -0.05) is 0 Å². The Balaban J connectivity index is 2.12. The number of fused-ring (bicyclic) bond motifs is 1. The van der Waals surface area contributed by atoms with E-state index in [9.17, 15) is 9.59 Å². The summed E-state index contributed by atoms with van der Waals surface area (Å²) in [7, 11) is 0. The molecule has 0 saturated carbocycles. The predicted molar refractivity (Wildman–Crippen MR) is 76.1 cm³/mol. The number of ether oxygens (including phenoxy) is 3. The van der Waals surface area contributed by atoms with Crippen LogP contribution in [0.15, 0.2) is 4.21 Å². The molecule has 0 unspecified atom stereocenters. The van der Waals surface area contributed by atoms with Crippen molar-refractivity contribution in [3.8, 4) is 0 Å². The summed E-state index contributed by atoms with van der Waals surface area (Å²) in [6.45, 7) is 5.18. The first-order valence-corrected chi connectivity index (χ1v) is 8.15. The molecule has 20 heavy (non-hydrogen) atoms. The molecular weight excluding hydrogens is 300 g/mol. The Morgan fingerprint density at radius 2 is 1.90 bits per heavy atom. The van der Waals surface area contributed by atoms with Gasteiger partial charge in [-0.15, -0.1) is 23.1 Å². The van der Waals surface area contributed by atoms with Gasteiger partial charge in [0.1, 0.15) is 4.88 Å². The minimum absolute atomic E-state index is 0.239. The highest BCUT2D eigenvalue weighted by Gasteiger charge is 2.28. The molecule has 0 aromatic carbocycles. The Labute approximate surface area is 125 Å². The smallest absolute Gasteiger partial charge is 0.348 e.